The third kappa shape index (κ3) is 5.01. The highest BCUT2D eigenvalue weighted by Gasteiger charge is 2.36. The lowest BCUT2D eigenvalue weighted by molar-refractivity contribution is 0.0123. The molecule has 1 N–H and O–H groups in total. The van der Waals surface area contributed by atoms with Gasteiger partial charge in [0.25, 0.3) is 0 Å². The Hall–Kier alpha value is -0.130. The van der Waals surface area contributed by atoms with E-state index in [2.05, 4.69) is 19.2 Å². The Labute approximate surface area is 124 Å². The Morgan fingerprint density at radius 2 is 1.75 bits per heavy atom. The van der Waals surface area contributed by atoms with Gasteiger partial charge in [-0.1, -0.05) is 13.8 Å². The van der Waals surface area contributed by atoms with Gasteiger partial charge < -0.3 is 10.1 Å². The highest BCUT2D eigenvalue weighted by atomic mass is 32.2. The van der Waals surface area contributed by atoms with Crippen LogP contribution in [0.1, 0.15) is 53.9 Å². The molecule has 0 radical (unpaired) electrons. The quantitative estimate of drug-likeness (QED) is 0.818. The lowest BCUT2D eigenvalue weighted by Crippen LogP contribution is -2.43. The number of nitrogens with one attached hydrogen (secondary N) is 1. The van der Waals surface area contributed by atoms with Gasteiger partial charge in [0.05, 0.1) is 10.5 Å². The second-order valence-corrected chi connectivity index (χ2v) is 10.2. The van der Waals surface area contributed by atoms with Crippen molar-refractivity contribution in [2.45, 2.75) is 64.7 Å². The molecule has 1 rings (SSSR count). The summed E-state index contributed by atoms with van der Waals surface area (Å²) in [5.74, 6) is 0.274. The Bertz CT molecular complexity index is 390. The minimum atomic E-state index is -3.04. The number of ether oxygens (including phenoxy) is 1. The molecule has 0 aromatic carbocycles. The van der Waals surface area contributed by atoms with Gasteiger partial charge in [0.15, 0.2) is 9.84 Å². The maximum absolute atomic E-state index is 12.3. The zero-order chi connectivity index (χ0) is 15.4. The van der Waals surface area contributed by atoms with Crippen molar-refractivity contribution in [1.29, 1.82) is 0 Å². The summed E-state index contributed by atoms with van der Waals surface area (Å²) in [5, 5.41) is 3.48. The summed E-state index contributed by atoms with van der Waals surface area (Å²) in [7, 11) is -3.04. The first kappa shape index (κ1) is 17.9. The fourth-order valence-corrected chi connectivity index (χ4v) is 3.71. The molecule has 0 aliphatic carbocycles. The molecule has 0 aromatic rings. The van der Waals surface area contributed by atoms with Crippen LogP contribution < -0.4 is 5.32 Å². The van der Waals surface area contributed by atoms with Gasteiger partial charge in [-0.05, 0) is 45.4 Å². The van der Waals surface area contributed by atoms with Crippen molar-refractivity contribution in [3.05, 3.63) is 0 Å². The largest absolute Gasteiger partial charge is 0.381 e. The Kier molecular flexibility index (Phi) is 6.05. The fraction of sp³-hybridized carbons (Fsp3) is 1.00. The third-order valence-corrected chi connectivity index (χ3v) is 6.88. The molecule has 1 aliphatic heterocycles. The number of hydrogen-bond acceptors (Lipinski definition) is 4. The Balaban J connectivity index is 2.71. The Morgan fingerprint density at radius 3 is 2.20 bits per heavy atom. The van der Waals surface area contributed by atoms with E-state index in [-0.39, 0.29) is 11.2 Å². The van der Waals surface area contributed by atoms with Gasteiger partial charge in [-0.15, -0.1) is 0 Å². The van der Waals surface area contributed by atoms with Crippen molar-refractivity contribution in [3.8, 4) is 0 Å². The second kappa shape index (κ2) is 6.75. The minimum Gasteiger partial charge on any atom is -0.381 e. The highest BCUT2D eigenvalue weighted by molar-refractivity contribution is 7.92. The molecule has 4 nitrogen and oxygen atoms in total. The van der Waals surface area contributed by atoms with Crippen LogP contribution in [0.15, 0.2) is 0 Å². The van der Waals surface area contributed by atoms with Crippen LogP contribution in [-0.4, -0.2) is 44.7 Å². The monoisotopic (exact) mass is 305 g/mol. The second-order valence-electron chi connectivity index (χ2n) is 7.33. The standard InChI is InChI=1S/C15H31NO3S/c1-13(2)16-12-15(6-9-19-10-7-15)8-11-20(17,18)14(3,4)5/h13,16H,6-12H2,1-5H3. The number of sulfone groups is 1. The zero-order valence-corrected chi connectivity index (χ0v) is 14.5. The smallest absolute Gasteiger partial charge is 0.155 e. The van der Waals surface area contributed by atoms with Crippen LogP contribution in [0.4, 0.5) is 0 Å². The first-order valence-electron chi connectivity index (χ1n) is 7.61. The Morgan fingerprint density at radius 1 is 1.20 bits per heavy atom. The molecule has 5 heteroatoms. The van der Waals surface area contributed by atoms with Gasteiger partial charge in [0, 0.05) is 25.8 Å². The molecular weight excluding hydrogens is 274 g/mol. The van der Waals surface area contributed by atoms with Gasteiger partial charge in [-0.3, -0.25) is 0 Å². The molecule has 0 saturated carbocycles. The average molecular weight is 305 g/mol. The molecule has 1 fully saturated rings. The van der Waals surface area contributed by atoms with Crippen LogP contribution >= 0.6 is 0 Å². The molecule has 1 saturated heterocycles. The van der Waals surface area contributed by atoms with Crippen LogP contribution in [-0.2, 0) is 14.6 Å². The third-order valence-electron chi connectivity index (χ3n) is 4.27. The molecule has 120 valence electrons. The van der Waals surface area contributed by atoms with Gasteiger partial charge >= 0.3 is 0 Å². The van der Waals surface area contributed by atoms with Gasteiger partial charge in [0.2, 0.25) is 0 Å². The van der Waals surface area contributed by atoms with Crippen molar-refractivity contribution in [3.63, 3.8) is 0 Å². The first-order chi connectivity index (χ1) is 9.08. The molecule has 0 unspecified atom stereocenters. The first-order valence-corrected chi connectivity index (χ1v) is 9.27. The molecular formula is C15H31NO3S. The predicted octanol–water partition coefficient (Wildman–Crippen LogP) is 2.38. The van der Waals surface area contributed by atoms with E-state index in [4.69, 9.17) is 4.74 Å². The van der Waals surface area contributed by atoms with E-state index < -0.39 is 14.6 Å². The molecule has 0 bridgehead atoms. The van der Waals surface area contributed by atoms with Crippen LogP contribution in [0.5, 0.6) is 0 Å². The van der Waals surface area contributed by atoms with E-state index in [1.807, 2.05) is 0 Å². The van der Waals surface area contributed by atoms with E-state index in [1.165, 1.54) is 0 Å². The molecule has 1 heterocycles. The molecule has 1 aliphatic rings. The SMILES string of the molecule is CC(C)NCC1(CCS(=O)(=O)C(C)(C)C)CCOCC1. The number of hydrogen-bond donors (Lipinski definition) is 1. The van der Waals surface area contributed by atoms with E-state index in [0.717, 1.165) is 39.0 Å². The molecule has 0 spiro atoms. The molecule has 0 atom stereocenters. The van der Waals surface area contributed by atoms with E-state index in [9.17, 15) is 8.42 Å². The minimum absolute atomic E-state index is 0.0703. The van der Waals surface area contributed by atoms with Crippen molar-refractivity contribution < 1.29 is 13.2 Å². The van der Waals surface area contributed by atoms with E-state index in [0.29, 0.717) is 6.04 Å². The zero-order valence-electron chi connectivity index (χ0n) is 13.7. The maximum atomic E-state index is 12.3. The lowest BCUT2D eigenvalue weighted by Gasteiger charge is -2.38. The van der Waals surface area contributed by atoms with Gasteiger partial charge in [-0.2, -0.15) is 0 Å². The highest BCUT2D eigenvalue weighted by Crippen LogP contribution is 2.35. The summed E-state index contributed by atoms with van der Waals surface area (Å²) in [6.07, 6.45) is 2.63. The molecule has 0 aromatic heterocycles. The summed E-state index contributed by atoms with van der Waals surface area (Å²) in [6.45, 7) is 12.0. The van der Waals surface area contributed by atoms with Gasteiger partial charge in [-0.25, -0.2) is 8.42 Å². The summed E-state index contributed by atoms with van der Waals surface area (Å²) in [6, 6.07) is 0.425. The summed E-state index contributed by atoms with van der Waals surface area (Å²) in [4.78, 5) is 0. The van der Waals surface area contributed by atoms with E-state index in [1.54, 1.807) is 20.8 Å². The molecule has 20 heavy (non-hydrogen) atoms. The van der Waals surface area contributed by atoms with Crippen molar-refractivity contribution in [2.24, 2.45) is 5.41 Å². The van der Waals surface area contributed by atoms with Crippen LogP contribution in [0.2, 0.25) is 0 Å². The van der Waals surface area contributed by atoms with Crippen LogP contribution in [0.3, 0.4) is 0 Å². The van der Waals surface area contributed by atoms with Crippen molar-refractivity contribution in [1.82, 2.24) is 5.32 Å². The summed E-state index contributed by atoms with van der Waals surface area (Å²) < 4.78 is 29.4. The number of rotatable bonds is 6. The predicted molar refractivity (Wildman–Crippen MR) is 83.8 cm³/mol. The van der Waals surface area contributed by atoms with Crippen LogP contribution in [0.25, 0.3) is 0 Å². The molecule has 0 amide bonds. The van der Waals surface area contributed by atoms with Crippen LogP contribution in [0, 0.1) is 5.41 Å². The summed E-state index contributed by atoms with van der Waals surface area (Å²) in [5.41, 5.74) is 0.0703. The summed E-state index contributed by atoms with van der Waals surface area (Å²) >= 11 is 0. The topological polar surface area (TPSA) is 55.4 Å². The van der Waals surface area contributed by atoms with Gasteiger partial charge in [0.1, 0.15) is 0 Å². The maximum Gasteiger partial charge on any atom is 0.155 e. The lowest BCUT2D eigenvalue weighted by atomic mass is 9.77. The van der Waals surface area contributed by atoms with Crippen molar-refractivity contribution in [2.75, 3.05) is 25.5 Å². The normalized spacial score (nSPS) is 20.3. The average Bonchev–Trinajstić information content (AvgIpc) is 2.34. The van der Waals surface area contributed by atoms with Crippen molar-refractivity contribution >= 4 is 9.84 Å². The van der Waals surface area contributed by atoms with E-state index >= 15 is 0 Å². The fourth-order valence-electron chi connectivity index (χ4n) is 2.40.